The number of ether oxygens (including phenoxy) is 1. The minimum atomic E-state index is -1.40. The summed E-state index contributed by atoms with van der Waals surface area (Å²) in [5.74, 6) is -1.92. The molecule has 0 spiro atoms. The van der Waals surface area contributed by atoms with E-state index in [2.05, 4.69) is 31.2 Å². The molecule has 0 radical (unpaired) electrons. The molecule has 2 heterocycles. The lowest BCUT2D eigenvalue weighted by atomic mass is 9.78. The summed E-state index contributed by atoms with van der Waals surface area (Å²) in [4.78, 5) is 29.9. The summed E-state index contributed by atoms with van der Waals surface area (Å²) in [6, 6.07) is 11.6. The van der Waals surface area contributed by atoms with Crippen molar-refractivity contribution < 1.29 is 29.0 Å². The predicted octanol–water partition coefficient (Wildman–Crippen LogP) is 0.363. The van der Waals surface area contributed by atoms with Crippen LogP contribution in [0.25, 0.3) is 10.8 Å². The lowest BCUT2D eigenvalue weighted by molar-refractivity contribution is -0.890. The van der Waals surface area contributed by atoms with Crippen molar-refractivity contribution in [2.75, 3.05) is 40.3 Å². The zero-order valence-corrected chi connectivity index (χ0v) is 23.1. The Morgan fingerprint density at radius 1 is 1.18 bits per heavy atom. The van der Waals surface area contributed by atoms with E-state index < -0.39 is 24.0 Å². The van der Waals surface area contributed by atoms with E-state index in [1.165, 1.54) is 10.5 Å². The normalized spacial score (nSPS) is 21.5. The van der Waals surface area contributed by atoms with Gasteiger partial charge in [-0.1, -0.05) is 37.3 Å². The van der Waals surface area contributed by atoms with Crippen LogP contribution in [-0.4, -0.2) is 84.8 Å². The number of carbonyl (C=O) groups excluding carboxylic acids is 2. The van der Waals surface area contributed by atoms with Crippen LogP contribution in [0.4, 0.5) is 0 Å². The monoisotopic (exact) mass is 537 g/mol. The lowest BCUT2D eigenvalue weighted by Crippen LogP contribution is -2.64. The zero-order chi connectivity index (χ0) is 28.5. The van der Waals surface area contributed by atoms with Crippen molar-refractivity contribution in [1.29, 1.82) is 0 Å². The Labute approximate surface area is 229 Å². The molecule has 2 aromatic rings. The molecule has 2 aliphatic rings. The first-order valence-electron chi connectivity index (χ1n) is 13.4. The van der Waals surface area contributed by atoms with Gasteiger partial charge in [0.2, 0.25) is 5.91 Å². The first-order valence-corrected chi connectivity index (χ1v) is 13.4. The maximum Gasteiger partial charge on any atom is 0.235 e. The molecule has 0 aromatic heterocycles. The Kier molecular flexibility index (Phi) is 8.17. The summed E-state index contributed by atoms with van der Waals surface area (Å²) in [5.41, 5.74) is 12.4. The summed E-state index contributed by atoms with van der Waals surface area (Å²) in [6.45, 7) is 5.93. The second kappa shape index (κ2) is 11.2. The van der Waals surface area contributed by atoms with Gasteiger partial charge in [0, 0.05) is 30.7 Å². The molecule has 2 aliphatic heterocycles. The summed E-state index contributed by atoms with van der Waals surface area (Å²) in [5, 5.41) is 24.1. The minimum Gasteiger partial charge on any atom is -0.543 e. The zero-order valence-electron chi connectivity index (χ0n) is 23.1. The van der Waals surface area contributed by atoms with E-state index in [0.29, 0.717) is 17.9 Å². The number of aliphatic carboxylic acids is 1. The molecular weight excluding hydrogens is 498 g/mol. The number of carbonyl (C=O) groups is 2. The van der Waals surface area contributed by atoms with Crippen LogP contribution in [-0.2, 0) is 16.0 Å². The number of quaternary nitrogens is 1. The van der Waals surface area contributed by atoms with Crippen molar-refractivity contribution in [2.45, 2.75) is 38.8 Å². The topological polar surface area (TPSA) is 154 Å². The van der Waals surface area contributed by atoms with Crippen molar-refractivity contribution in [3.63, 3.8) is 0 Å². The average molecular weight is 538 g/mol. The highest BCUT2D eigenvalue weighted by Crippen LogP contribution is 2.47. The number of aliphatic hydroxyl groups is 1. The number of likely N-dealkylation sites (N-methyl/N-ethyl adjacent to an activating group) is 1. The van der Waals surface area contributed by atoms with Gasteiger partial charge in [0.05, 0.1) is 56.9 Å². The van der Waals surface area contributed by atoms with Gasteiger partial charge in [-0.05, 0) is 29.5 Å². The van der Waals surface area contributed by atoms with Gasteiger partial charge in [0.25, 0.3) is 0 Å². The van der Waals surface area contributed by atoms with Crippen molar-refractivity contribution in [3.8, 4) is 5.75 Å². The van der Waals surface area contributed by atoms with Gasteiger partial charge in [-0.25, -0.2) is 0 Å². The molecule has 4 rings (SSSR count). The van der Waals surface area contributed by atoms with Crippen LogP contribution in [0.15, 0.2) is 52.7 Å². The number of nitrogens with two attached hydrogens (primary N) is 2. The van der Waals surface area contributed by atoms with Crippen molar-refractivity contribution in [2.24, 2.45) is 28.3 Å². The first kappa shape index (κ1) is 28.4. The maximum absolute atomic E-state index is 12.6. The Bertz CT molecular complexity index is 1310. The number of hydrogen-bond donors (Lipinski definition) is 3. The van der Waals surface area contributed by atoms with Crippen LogP contribution in [0.5, 0.6) is 5.75 Å². The lowest BCUT2D eigenvalue weighted by Gasteiger charge is -2.47. The third-order valence-corrected chi connectivity index (χ3v) is 8.07. The molecule has 1 amide bonds. The molecule has 39 heavy (non-hydrogen) atoms. The average Bonchev–Trinajstić information content (AvgIpc) is 3.11. The van der Waals surface area contributed by atoms with Gasteiger partial charge in [-0.2, -0.15) is 0 Å². The number of nitrogens with zero attached hydrogens (tertiary/aromatic N) is 3. The van der Waals surface area contributed by atoms with Gasteiger partial charge in [0.1, 0.15) is 12.4 Å². The molecule has 10 heteroatoms. The number of benzene rings is 2. The second-order valence-corrected chi connectivity index (χ2v) is 11.3. The number of amides is 1. The predicted molar refractivity (Wildman–Crippen MR) is 147 cm³/mol. The van der Waals surface area contributed by atoms with Crippen molar-refractivity contribution in [3.05, 3.63) is 53.2 Å². The number of hydrogen-bond acceptors (Lipinski definition) is 6. The molecule has 0 aliphatic carbocycles. The summed E-state index contributed by atoms with van der Waals surface area (Å²) in [6.07, 6.45) is 0.900. The summed E-state index contributed by atoms with van der Waals surface area (Å²) < 4.78 is 7.04. The van der Waals surface area contributed by atoms with Crippen LogP contribution in [0.2, 0.25) is 0 Å². The molecule has 1 fully saturated rings. The molecule has 0 saturated carbocycles. The first-order chi connectivity index (χ1) is 18.4. The van der Waals surface area contributed by atoms with Gasteiger partial charge >= 0.3 is 0 Å². The second-order valence-electron chi connectivity index (χ2n) is 11.3. The number of carboxylic acids is 1. The van der Waals surface area contributed by atoms with Crippen molar-refractivity contribution >= 4 is 28.6 Å². The van der Waals surface area contributed by atoms with E-state index in [9.17, 15) is 19.8 Å². The van der Waals surface area contributed by atoms with Gasteiger partial charge in [0.15, 0.2) is 5.96 Å². The standard InChI is InChI=1S/C29H39N5O5/c1-17-22(26(28(37)38)33-25(17)24(18(2)35)27(33)36)16-39-23-11-6-9-20-19(8-5-10-21(20)23)12-15-34(3,4)14-7-13-32-29(30)31/h5-6,8-11,17-18,24-25,35H,7,12-16H2,1-4H3,(H4-,30,31,32,37,38)/t17-,18+,24+,25+/m0/s1. The fraction of sp³-hybridized carbons (Fsp3) is 0.483. The largest absolute Gasteiger partial charge is 0.543 e. The van der Waals surface area contributed by atoms with Crippen LogP contribution in [0.3, 0.4) is 0 Å². The third kappa shape index (κ3) is 5.72. The molecule has 10 nitrogen and oxygen atoms in total. The number of rotatable bonds is 12. The van der Waals surface area contributed by atoms with Crippen LogP contribution in [0.1, 0.15) is 25.8 Å². The minimum absolute atomic E-state index is 0.0142. The fourth-order valence-corrected chi connectivity index (χ4v) is 5.91. The molecule has 0 bridgehead atoms. The van der Waals surface area contributed by atoms with Crippen LogP contribution < -0.4 is 21.3 Å². The highest BCUT2D eigenvalue weighted by atomic mass is 16.5. The smallest absolute Gasteiger partial charge is 0.235 e. The number of β-lactam (4-membered cyclic amide) rings is 1. The van der Waals surface area contributed by atoms with Gasteiger partial charge < -0.3 is 40.6 Å². The quantitative estimate of drug-likeness (QED) is 0.116. The molecule has 5 N–H and O–H groups in total. The fourth-order valence-electron chi connectivity index (χ4n) is 5.91. The van der Waals surface area contributed by atoms with Crippen molar-refractivity contribution in [1.82, 2.24) is 4.90 Å². The van der Waals surface area contributed by atoms with E-state index in [4.69, 9.17) is 16.2 Å². The number of fused-ring (bicyclic) bond motifs is 2. The molecule has 4 atom stereocenters. The number of aliphatic imine (C=N–C) groups is 1. The van der Waals surface area contributed by atoms with E-state index in [1.807, 2.05) is 31.2 Å². The number of guanidine groups is 1. The van der Waals surface area contributed by atoms with E-state index in [0.717, 1.165) is 41.2 Å². The molecular formula is C29H39N5O5. The SMILES string of the molecule is C[C@@H](O)[C@H]1C(=O)N2C(C(=O)[O-])=C(COc3cccc4c(CC[N+](C)(C)CCCN=C(N)N)cccc34)[C@H](C)[C@H]12. The van der Waals surface area contributed by atoms with E-state index in [1.54, 1.807) is 6.92 Å². The van der Waals surface area contributed by atoms with Crippen LogP contribution >= 0.6 is 0 Å². The molecule has 2 aromatic carbocycles. The Balaban J connectivity index is 1.50. The summed E-state index contributed by atoms with van der Waals surface area (Å²) >= 11 is 0. The Morgan fingerprint density at radius 3 is 2.54 bits per heavy atom. The number of aliphatic hydroxyl groups excluding tert-OH is 1. The highest BCUT2D eigenvalue weighted by Gasteiger charge is 2.58. The summed E-state index contributed by atoms with van der Waals surface area (Å²) in [7, 11) is 4.38. The van der Waals surface area contributed by atoms with E-state index >= 15 is 0 Å². The number of carboxylic acid groups (broad SMARTS) is 1. The van der Waals surface area contributed by atoms with Crippen LogP contribution in [0, 0.1) is 11.8 Å². The van der Waals surface area contributed by atoms with Gasteiger partial charge in [-0.3, -0.25) is 9.79 Å². The molecule has 0 unspecified atom stereocenters. The Hall–Kier alpha value is -3.63. The Morgan fingerprint density at radius 2 is 1.87 bits per heavy atom. The van der Waals surface area contributed by atoms with Gasteiger partial charge in [-0.15, -0.1) is 0 Å². The maximum atomic E-state index is 12.6. The van der Waals surface area contributed by atoms with E-state index in [-0.39, 0.29) is 30.1 Å². The molecule has 210 valence electrons. The highest BCUT2D eigenvalue weighted by molar-refractivity contribution is 5.99. The molecule has 1 saturated heterocycles. The third-order valence-electron chi connectivity index (χ3n) is 8.07.